The standard InChI is InChI=1S/C16H19N5O3S2/c1-2-5-17-15-18-19-16(26-15)25-11-13(22)20-6-8-21(9-7-20)14(23)12-4-3-10-24-12/h2-4,10H,1,5-9,11H2,(H,17,18). The van der Waals surface area contributed by atoms with Crippen molar-refractivity contribution in [2.45, 2.75) is 4.34 Å². The molecule has 2 amide bonds. The van der Waals surface area contributed by atoms with Crippen molar-refractivity contribution in [2.24, 2.45) is 0 Å². The molecule has 0 saturated carbocycles. The third kappa shape index (κ3) is 4.64. The number of carbonyl (C=O) groups excluding carboxylic acids is 2. The predicted molar refractivity (Wildman–Crippen MR) is 101 cm³/mol. The molecule has 0 aliphatic carbocycles. The molecule has 1 aliphatic heterocycles. The Morgan fingerprint density at radius 2 is 2.08 bits per heavy atom. The fourth-order valence-electron chi connectivity index (χ4n) is 2.43. The molecule has 2 aromatic heterocycles. The van der Waals surface area contributed by atoms with Gasteiger partial charge < -0.3 is 19.5 Å². The van der Waals surface area contributed by atoms with Crippen molar-refractivity contribution in [3.63, 3.8) is 0 Å². The Morgan fingerprint density at radius 3 is 2.77 bits per heavy atom. The maximum atomic E-state index is 12.4. The number of nitrogens with one attached hydrogen (secondary N) is 1. The van der Waals surface area contributed by atoms with Gasteiger partial charge in [0.15, 0.2) is 10.1 Å². The summed E-state index contributed by atoms with van der Waals surface area (Å²) in [6.45, 7) is 6.31. The molecule has 1 N–H and O–H groups in total. The van der Waals surface area contributed by atoms with E-state index in [4.69, 9.17) is 4.42 Å². The van der Waals surface area contributed by atoms with Crippen molar-refractivity contribution in [2.75, 3.05) is 43.8 Å². The van der Waals surface area contributed by atoms with Gasteiger partial charge in [0.1, 0.15) is 0 Å². The van der Waals surface area contributed by atoms with E-state index in [2.05, 4.69) is 22.1 Å². The molecule has 1 fully saturated rings. The summed E-state index contributed by atoms with van der Waals surface area (Å²) in [5.41, 5.74) is 0. The Kier molecular flexibility index (Phi) is 6.29. The summed E-state index contributed by atoms with van der Waals surface area (Å²) in [6, 6.07) is 3.34. The van der Waals surface area contributed by atoms with Crippen LogP contribution in [0.4, 0.5) is 5.13 Å². The van der Waals surface area contributed by atoms with Gasteiger partial charge in [-0.2, -0.15) is 0 Å². The summed E-state index contributed by atoms with van der Waals surface area (Å²) in [7, 11) is 0. The summed E-state index contributed by atoms with van der Waals surface area (Å²) in [6.07, 6.45) is 3.23. The van der Waals surface area contributed by atoms with E-state index in [1.165, 1.54) is 29.4 Å². The van der Waals surface area contributed by atoms with E-state index in [0.717, 1.165) is 4.34 Å². The number of furan rings is 1. The van der Waals surface area contributed by atoms with Gasteiger partial charge in [-0.25, -0.2) is 0 Å². The van der Waals surface area contributed by atoms with Crippen LogP contribution < -0.4 is 5.32 Å². The van der Waals surface area contributed by atoms with Gasteiger partial charge in [-0.05, 0) is 12.1 Å². The zero-order valence-corrected chi connectivity index (χ0v) is 15.7. The SMILES string of the molecule is C=CCNc1nnc(SCC(=O)N2CCN(C(=O)c3ccco3)CC2)s1. The third-order valence-electron chi connectivity index (χ3n) is 3.77. The summed E-state index contributed by atoms with van der Waals surface area (Å²) < 4.78 is 5.89. The van der Waals surface area contributed by atoms with Crippen molar-refractivity contribution in [1.82, 2.24) is 20.0 Å². The average molecular weight is 393 g/mol. The molecule has 26 heavy (non-hydrogen) atoms. The van der Waals surface area contributed by atoms with Gasteiger partial charge in [-0.1, -0.05) is 29.2 Å². The Balaban J connectivity index is 1.43. The van der Waals surface area contributed by atoms with Crippen molar-refractivity contribution in [1.29, 1.82) is 0 Å². The monoisotopic (exact) mass is 393 g/mol. The van der Waals surface area contributed by atoms with Gasteiger partial charge >= 0.3 is 0 Å². The highest BCUT2D eigenvalue weighted by molar-refractivity contribution is 8.01. The number of rotatable bonds is 7. The fraction of sp³-hybridized carbons (Fsp3) is 0.375. The molecule has 3 rings (SSSR count). The Hall–Kier alpha value is -2.33. The summed E-state index contributed by atoms with van der Waals surface area (Å²) >= 11 is 2.79. The van der Waals surface area contributed by atoms with Gasteiger partial charge in [0.2, 0.25) is 11.0 Å². The minimum atomic E-state index is -0.134. The average Bonchev–Trinajstić information content (AvgIpc) is 3.36. The van der Waals surface area contributed by atoms with Gasteiger partial charge in [-0.3, -0.25) is 9.59 Å². The number of aromatic nitrogens is 2. The first-order valence-corrected chi connectivity index (χ1v) is 9.89. The molecule has 138 valence electrons. The molecule has 0 unspecified atom stereocenters. The van der Waals surface area contributed by atoms with E-state index in [1.807, 2.05) is 0 Å². The van der Waals surface area contributed by atoms with E-state index in [9.17, 15) is 9.59 Å². The molecule has 1 saturated heterocycles. The van der Waals surface area contributed by atoms with E-state index in [0.29, 0.717) is 49.4 Å². The maximum Gasteiger partial charge on any atom is 0.289 e. The number of thioether (sulfide) groups is 1. The Labute approximate surface area is 159 Å². The highest BCUT2D eigenvalue weighted by Crippen LogP contribution is 2.25. The molecule has 8 nitrogen and oxygen atoms in total. The number of carbonyl (C=O) groups is 2. The van der Waals surface area contributed by atoms with E-state index >= 15 is 0 Å². The third-order valence-corrected chi connectivity index (χ3v) is 5.77. The molecule has 0 aromatic carbocycles. The highest BCUT2D eigenvalue weighted by atomic mass is 32.2. The number of anilines is 1. The van der Waals surface area contributed by atoms with Crippen LogP contribution in [0.2, 0.25) is 0 Å². The molecule has 0 spiro atoms. The molecule has 1 aliphatic rings. The quantitative estimate of drug-likeness (QED) is 0.566. The minimum Gasteiger partial charge on any atom is -0.459 e. The van der Waals surface area contributed by atoms with Crippen molar-refractivity contribution < 1.29 is 14.0 Å². The topological polar surface area (TPSA) is 91.6 Å². The van der Waals surface area contributed by atoms with Crippen LogP contribution in [-0.2, 0) is 4.79 Å². The number of hydrogen-bond acceptors (Lipinski definition) is 8. The van der Waals surface area contributed by atoms with Crippen molar-refractivity contribution in [3.8, 4) is 0 Å². The maximum absolute atomic E-state index is 12.4. The predicted octanol–water partition coefficient (Wildman–Crippen LogP) is 1.81. The summed E-state index contributed by atoms with van der Waals surface area (Å²) in [4.78, 5) is 28.1. The molecule has 3 heterocycles. The molecule has 2 aromatic rings. The number of hydrogen-bond donors (Lipinski definition) is 1. The molecular formula is C16H19N5O3S2. The molecule has 0 atom stereocenters. The Morgan fingerprint density at radius 1 is 1.31 bits per heavy atom. The zero-order valence-electron chi connectivity index (χ0n) is 14.1. The lowest BCUT2D eigenvalue weighted by molar-refractivity contribution is -0.129. The van der Waals surface area contributed by atoms with Gasteiger partial charge in [0.05, 0.1) is 12.0 Å². The lowest BCUT2D eigenvalue weighted by Gasteiger charge is -2.34. The molecule has 10 heteroatoms. The van der Waals surface area contributed by atoms with Crippen LogP contribution in [-0.4, -0.2) is 70.3 Å². The fourth-order valence-corrected chi connectivity index (χ4v) is 4.09. The number of amides is 2. The first kappa shape index (κ1) is 18.5. The second kappa shape index (κ2) is 8.86. The van der Waals surface area contributed by atoms with E-state index in [-0.39, 0.29) is 11.8 Å². The van der Waals surface area contributed by atoms with Crippen LogP contribution in [0, 0.1) is 0 Å². The normalized spacial score (nSPS) is 14.3. The van der Waals surface area contributed by atoms with Crippen LogP contribution >= 0.6 is 23.1 Å². The van der Waals surface area contributed by atoms with E-state index < -0.39 is 0 Å². The van der Waals surface area contributed by atoms with Crippen LogP contribution in [0.15, 0.2) is 39.8 Å². The smallest absolute Gasteiger partial charge is 0.289 e. The summed E-state index contributed by atoms with van der Waals surface area (Å²) in [5, 5.41) is 11.8. The second-order valence-electron chi connectivity index (χ2n) is 5.48. The van der Waals surface area contributed by atoms with Crippen molar-refractivity contribution >= 4 is 40.0 Å². The largest absolute Gasteiger partial charge is 0.459 e. The number of piperazine rings is 1. The van der Waals surface area contributed by atoms with Gasteiger partial charge in [0.25, 0.3) is 5.91 Å². The highest BCUT2D eigenvalue weighted by Gasteiger charge is 2.26. The lowest BCUT2D eigenvalue weighted by Crippen LogP contribution is -2.51. The van der Waals surface area contributed by atoms with Crippen LogP contribution in [0.3, 0.4) is 0 Å². The van der Waals surface area contributed by atoms with Gasteiger partial charge in [0, 0.05) is 32.7 Å². The first-order valence-electron chi connectivity index (χ1n) is 8.09. The van der Waals surface area contributed by atoms with Gasteiger partial charge in [-0.15, -0.1) is 16.8 Å². The van der Waals surface area contributed by atoms with Crippen LogP contribution in [0.1, 0.15) is 10.6 Å². The second-order valence-corrected chi connectivity index (χ2v) is 7.68. The molecular weight excluding hydrogens is 374 g/mol. The van der Waals surface area contributed by atoms with E-state index in [1.54, 1.807) is 28.0 Å². The molecule has 0 radical (unpaired) electrons. The van der Waals surface area contributed by atoms with Crippen LogP contribution in [0.5, 0.6) is 0 Å². The number of nitrogens with zero attached hydrogens (tertiary/aromatic N) is 4. The molecule has 0 bridgehead atoms. The van der Waals surface area contributed by atoms with Crippen molar-refractivity contribution in [3.05, 3.63) is 36.8 Å². The zero-order chi connectivity index (χ0) is 18.4. The lowest BCUT2D eigenvalue weighted by atomic mass is 10.3. The van der Waals surface area contributed by atoms with Crippen LogP contribution in [0.25, 0.3) is 0 Å². The first-order chi connectivity index (χ1) is 12.7. The minimum absolute atomic E-state index is 0.0379. The summed E-state index contributed by atoms with van der Waals surface area (Å²) in [5.74, 6) is 0.542. The Bertz CT molecular complexity index is 754.